The summed E-state index contributed by atoms with van der Waals surface area (Å²) in [6.45, 7) is 5.77. The van der Waals surface area contributed by atoms with Gasteiger partial charge in [0.1, 0.15) is 18.5 Å². The summed E-state index contributed by atoms with van der Waals surface area (Å²) in [4.78, 5) is 2.27. The summed E-state index contributed by atoms with van der Waals surface area (Å²) in [5.74, 6) is 0.802. The number of aliphatic hydroxyl groups excluding tert-OH is 2. The standard InChI is InChI=1S/C17H27NO3/c1-13-5-3-7-17(9-13)21-12-16(20)11-18-8-4-6-15(18)10-14(2)19/h3,5,7,9,14-16,19-20H,4,6,8,10-12H2,1-2H3. The molecule has 3 atom stereocenters. The van der Waals surface area contributed by atoms with E-state index in [4.69, 9.17) is 4.74 Å². The Hall–Kier alpha value is -1.10. The predicted molar refractivity (Wildman–Crippen MR) is 83.6 cm³/mol. The summed E-state index contributed by atoms with van der Waals surface area (Å²) < 4.78 is 5.65. The minimum atomic E-state index is -0.500. The van der Waals surface area contributed by atoms with Crippen molar-refractivity contribution in [3.05, 3.63) is 29.8 Å². The van der Waals surface area contributed by atoms with Crippen molar-refractivity contribution in [1.29, 1.82) is 0 Å². The molecule has 3 unspecified atom stereocenters. The van der Waals surface area contributed by atoms with Crippen LogP contribution in [0, 0.1) is 6.92 Å². The molecule has 1 aliphatic rings. The Morgan fingerprint density at radius 3 is 2.90 bits per heavy atom. The molecule has 0 saturated carbocycles. The molecule has 0 bridgehead atoms. The van der Waals surface area contributed by atoms with Crippen molar-refractivity contribution in [3.63, 3.8) is 0 Å². The molecular weight excluding hydrogens is 266 g/mol. The van der Waals surface area contributed by atoms with Crippen LogP contribution in [0.25, 0.3) is 0 Å². The van der Waals surface area contributed by atoms with Gasteiger partial charge in [0, 0.05) is 12.6 Å². The zero-order chi connectivity index (χ0) is 15.2. The number of hydrogen-bond acceptors (Lipinski definition) is 4. The lowest BCUT2D eigenvalue weighted by atomic mass is 10.1. The van der Waals surface area contributed by atoms with Gasteiger partial charge in [0.05, 0.1) is 6.10 Å². The third-order valence-electron chi connectivity index (χ3n) is 3.99. The van der Waals surface area contributed by atoms with E-state index in [1.807, 2.05) is 38.1 Å². The fraction of sp³-hybridized carbons (Fsp3) is 0.647. The van der Waals surface area contributed by atoms with Crippen LogP contribution in [0.5, 0.6) is 5.75 Å². The van der Waals surface area contributed by atoms with E-state index in [2.05, 4.69) is 4.90 Å². The van der Waals surface area contributed by atoms with Crippen LogP contribution in [-0.4, -0.2) is 53.1 Å². The molecule has 4 nitrogen and oxygen atoms in total. The summed E-state index contributed by atoms with van der Waals surface area (Å²) in [5, 5.41) is 19.7. The molecular formula is C17H27NO3. The zero-order valence-electron chi connectivity index (χ0n) is 13.0. The Kier molecular flexibility index (Phi) is 6.03. The molecule has 1 aliphatic heterocycles. The summed E-state index contributed by atoms with van der Waals surface area (Å²) in [5.41, 5.74) is 1.15. The topological polar surface area (TPSA) is 52.9 Å². The van der Waals surface area contributed by atoms with Crippen molar-refractivity contribution in [1.82, 2.24) is 4.90 Å². The highest BCUT2D eigenvalue weighted by molar-refractivity contribution is 5.27. The minimum absolute atomic E-state index is 0.281. The first kappa shape index (κ1) is 16.3. The molecule has 0 spiro atoms. The van der Waals surface area contributed by atoms with Gasteiger partial charge in [0.2, 0.25) is 0 Å². The second kappa shape index (κ2) is 7.78. The van der Waals surface area contributed by atoms with Gasteiger partial charge < -0.3 is 14.9 Å². The number of hydrogen-bond donors (Lipinski definition) is 2. The predicted octanol–water partition coefficient (Wildman–Crippen LogP) is 1.97. The quantitative estimate of drug-likeness (QED) is 0.807. The number of aliphatic hydroxyl groups is 2. The van der Waals surface area contributed by atoms with Crippen LogP contribution in [0.4, 0.5) is 0 Å². The SMILES string of the molecule is Cc1cccc(OCC(O)CN2CCCC2CC(C)O)c1. The fourth-order valence-corrected chi connectivity index (χ4v) is 3.02. The Morgan fingerprint density at radius 2 is 2.19 bits per heavy atom. The van der Waals surface area contributed by atoms with Crippen LogP contribution >= 0.6 is 0 Å². The van der Waals surface area contributed by atoms with E-state index >= 15 is 0 Å². The number of rotatable bonds is 7. The Labute approximate surface area is 127 Å². The summed E-state index contributed by atoms with van der Waals surface area (Å²) >= 11 is 0. The third-order valence-corrected chi connectivity index (χ3v) is 3.99. The number of ether oxygens (including phenoxy) is 1. The second-order valence-corrected chi connectivity index (χ2v) is 6.16. The molecule has 1 aromatic carbocycles. The van der Waals surface area contributed by atoms with E-state index in [1.54, 1.807) is 0 Å². The van der Waals surface area contributed by atoms with Gasteiger partial charge in [-0.3, -0.25) is 4.90 Å². The zero-order valence-corrected chi connectivity index (χ0v) is 13.0. The van der Waals surface area contributed by atoms with Crippen LogP contribution < -0.4 is 4.74 Å². The maximum Gasteiger partial charge on any atom is 0.119 e. The van der Waals surface area contributed by atoms with Crippen LogP contribution in [-0.2, 0) is 0 Å². The van der Waals surface area contributed by atoms with Gasteiger partial charge in [-0.1, -0.05) is 12.1 Å². The van der Waals surface area contributed by atoms with E-state index in [-0.39, 0.29) is 6.10 Å². The molecule has 21 heavy (non-hydrogen) atoms. The van der Waals surface area contributed by atoms with Crippen LogP contribution in [0.15, 0.2) is 24.3 Å². The van der Waals surface area contributed by atoms with E-state index < -0.39 is 6.10 Å². The van der Waals surface area contributed by atoms with Crippen LogP contribution in [0.1, 0.15) is 31.7 Å². The first-order valence-corrected chi connectivity index (χ1v) is 7.84. The van der Waals surface area contributed by atoms with Gasteiger partial charge >= 0.3 is 0 Å². The molecule has 1 aromatic rings. The summed E-state index contributed by atoms with van der Waals surface area (Å²) in [7, 11) is 0. The number of likely N-dealkylation sites (tertiary alicyclic amines) is 1. The van der Waals surface area contributed by atoms with E-state index in [0.29, 0.717) is 19.2 Å². The maximum absolute atomic E-state index is 10.2. The van der Waals surface area contributed by atoms with Gasteiger partial charge in [-0.15, -0.1) is 0 Å². The van der Waals surface area contributed by atoms with Gasteiger partial charge in [-0.05, 0) is 57.4 Å². The Balaban J connectivity index is 1.77. The lowest BCUT2D eigenvalue weighted by molar-refractivity contribution is 0.0536. The van der Waals surface area contributed by atoms with E-state index in [9.17, 15) is 10.2 Å². The molecule has 0 aliphatic carbocycles. The number of β-amino-alcohol motifs (C(OH)–C–C–N with tert-alkyl or cyclic N) is 1. The molecule has 1 fully saturated rings. The third kappa shape index (κ3) is 5.30. The average molecular weight is 293 g/mol. The number of aryl methyl sites for hydroxylation is 1. The van der Waals surface area contributed by atoms with Gasteiger partial charge in [-0.25, -0.2) is 0 Å². The maximum atomic E-state index is 10.2. The van der Waals surface area contributed by atoms with E-state index in [0.717, 1.165) is 37.1 Å². The van der Waals surface area contributed by atoms with Crippen molar-refractivity contribution < 1.29 is 14.9 Å². The highest BCUT2D eigenvalue weighted by atomic mass is 16.5. The smallest absolute Gasteiger partial charge is 0.119 e. The van der Waals surface area contributed by atoms with Crippen molar-refractivity contribution in [3.8, 4) is 5.75 Å². The Bertz CT molecular complexity index is 436. The van der Waals surface area contributed by atoms with Crippen molar-refractivity contribution >= 4 is 0 Å². The van der Waals surface area contributed by atoms with Crippen molar-refractivity contribution in [2.75, 3.05) is 19.7 Å². The van der Waals surface area contributed by atoms with Crippen LogP contribution in [0.3, 0.4) is 0 Å². The highest BCUT2D eigenvalue weighted by Crippen LogP contribution is 2.21. The molecule has 1 saturated heterocycles. The fourth-order valence-electron chi connectivity index (χ4n) is 3.02. The average Bonchev–Trinajstić information content (AvgIpc) is 2.83. The molecule has 2 N–H and O–H groups in total. The molecule has 1 heterocycles. The molecule has 2 rings (SSSR count). The highest BCUT2D eigenvalue weighted by Gasteiger charge is 2.27. The van der Waals surface area contributed by atoms with E-state index in [1.165, 1.54) is 0 Å². The molecule has 0 aromatic heterocycles. The summed E-state index contributed by atoms with van der Waals surface area (Å²) in [6, 6.07) is 8.24. The normalized spacial score (nSPS) is 22.2. The first-order valence-electron chi connectivity index (χ1n) is 7.84. The van der Waals surface area contributed by atoms with Crippen molar-refractivity contribution in [2.45, 2.75) is 51.4 Å². The lowest BCUT2D eigenvalue weighted by Crippen LogP contribution is -2.39. The number of nitrogens with zero attached hydrogens (tertiary/aromatic N) is 1. The lowest BCUT2D eigenvalue weighted by Gasteiger charge is -2.27. The molecule has 0 amide bonds. The molecule has 0 radical (unpaired) electrons. The van der Waals surface area contributed by atoms with Crippen molar-refractivity contribution in [2.24, 2.45) is 0 Å². The molecule has 118 valence electrons. The van der Waals surface area contributed by atoms with Crippen LogP contribution in [0.2, 0.25) is 0 Å². The molecule has 4 heteroatoms. The summed E-state index contributed by atoms with van der Waals surface area (Å²) in [6.07, 6.45) is 2.25. The van der Waals surface area contributed by atoms with Gasteiger partial charge in [0.25, 0.3) is 0 Å². The first-order chi connectivity index (χ1) is 10.0. The monoisotopic (exact) mass is 293 g/mol. The second-order valence-electron chi connectivity index (χ2n) is 6.16. The van der Waals surface area contributed by atoms with Gasteiger partial charge in [-0.2, -0.15) is 0 Å². The van der Waals surface area contributed by atoms with Gasteiger partial charge in [0.15, 0.2) is 0 Å². The Morgan fingerprint density at radius 1 is 1.38 bits per heavy atom. The minimum Gasteiger partial charge on any atom is -0.491 e. The largest absolute Gasteiger partial charge is 0.491 e. The number of benzene rings is 1.